The smallest absolute Gasteiger partial charge is 0.248 e. The molecule has 3 aromatic rings. The fourth-order valence-electron chi connectivity index (χ4n) is 1.59. The summed E-state index contributed by atoms with van der Waals surface area (Å²) in [4.78, 5) is 8.40. The van der Waals surface area contributed by atoms with Crippen molar-refractivity contribution in [1.29, 1.82) is 0 Å². The molecule has 0 saturated carbocycles. The highest BCUT2D eigenvalue weighted by atomic mass is 79.9. The van der Waals surface area contributed by atoms with Gasteiger partial charge in [-0.2, -0.15) is 10.1 Å². The second-order valence-corrected chi connectivity index (χ2v) is 4.51. The molecule has 0 aliphatic heterocycles. The first-order valence-electron chi connectivity index (χ1n) is 4.98. The Morgan fingerprint density at radius 3 is 3.06 bits per heavy atom. The molecule has 0 N–H and O–H groups in total. The first kappa shape index (κ1) is 10.4. The summed E-state index contributed by atoms with van der Waals surface area (Å²) in [6.07, 6.45) is 3.45. The van der Waals surface area contributed by atoms with Gasteiger partial charge in [0.1, 0.15) is 12.1 Å². The fraction of sp³-hybridized carbons (Fsp3) is 0.200. The number of pyridine rings is 1. The minimum Gasteiger partial charge on any atom is -0.337 e. The van der Waals surface area contributed by atoms with Crippen molar-refractivity contribution in [1.82, 2.24) is 24.9 Å². The van der Waals surface area contributed by atoms with Gasteiger partial charge in [0, 0.05) is 10.7 Å². The van der Waals surface area contributed by atoms with Crippen LogP contribution in [0.15, 0.2) is 27.5 Å². The normalized spacial score (nSPS) is 11.2. The summed E-state index contributed by atoms with van der Waals surface area (Å²) in [7, 11) is 0. The van der Waals surface area contributed by atoms with Crippen molar-refractivity contribution in [3.63, 3.8) is 0 Å². The number of halogens is 1. The van der Waals surface area contributed by atoms with Gasteiger partial charge in [-0.1, -0.05) is 5.16 Å². The zero-order valence-electron chi connectivity index (χ0n) is 8.96. The minimum absolute atomic E-state index is 0.447. The maximum atomic E-state index is 5.06. The number of aromatic nitrogens is 5. The van der Waals surface area contributed by atoms with Crippen LogP contribution in [-0.2, 0) is 6.54 Å². The monoisotopic (exact) mass is 293 g/mol. The predicted octanol–water partition coefficient (Wildman–Crippen LogP) is 1.93. The minimum atomic E-state index is 0.447. The summed E-state index contributed by atoms with van der Waals surface area (Å²) < 4.78 is 7.75. The third-order valence-electron chi connectivity index (χ3n) is 2.32. The van der Waals surface area contributed by atoms with Gasteiger partial charge in [0.2, 0.25) is 5.89 Å². The number of hydrogen-bond acceptors (Lipinski definition) is 5. The molecule has 6 nitrogen and oxygen atoms in total. The summed E-state index contributed by atoms with van der Waals surface area (Å²) in [5.41, 5.74) is 1.76. The SMILES string of the molecule is Cc1noc(Cn2ncc3ncc(Br)cc32)n1. The predicted molar refractivity (Wildman–Crippen MR) is 63.4 cm³/mol. The van der Waals surface area contributed by atoms with E-state index >= 15 is 0 Å². The van der Waals surface area contributed by atoms with E-state index < -0.39 is 0 Å². The van der Waals surface area contributed by atoms with E-state index in [-0.39, 0.29) is 0 Å². The van der Waals surface area contributed by atoms with E-state index in [1.165, 1.54) is 0 Å². The highest BCUT2D eigenvalue weighted by molar-refractivity contribution is 9.10. The van der Waals surface area contributed by atoms with Crippen LogP contribution in [0.25, 0.3) is 11.0 Å². The quantitative estimate of drug-likeness (QED) is 0.722. The van der Waals surface area contributed by atoms with Crippen molar-refractivity contribution in [2.24, 2.45) is 0 Å². The molecule has 0 bridgehead atoms. The lowest BCUT2D eigenvalue weighted by atomic mass is 10.4. The third-order valence-corrected chi connectivity index (χ3v) is 2.75. The summed E-state index contributed by atoms with van der Waals surface area (Å²) in [5.74, 6) is 1.16. The molecule has 0 fully saturated rings. The van der Waals surface area contributed by atoms with E-state index in [1.54, 1.807) is 24.0 Å². The number of hydrogen-bond donors (Lipinski definition) is 0. The summed E-state index contributed by atoms with van der Waals surface area (Å²) in [5, 5.41) is 7.99. The van der Waals surface area contributed by atoms with Crippen molar-refractivity contribution in [2.75, 3.05) is 0 Å². The molecule has 0 aromatic carbocycles. The lowest BCUT2D eigenvalue weighted by Gasteiger charge is -1.99. The van der Waals surface area contributed by atoms with E-state index in [9.17, 15) is 0 Å². The molecule has 0 spiro atoms. The maximum Gasteiger partial charge on any atom is 0.248 e. The maximum absolute atomic E-state index is 5.06. The molecule has 0 amide bonds. The third kappa shape index (κ3) is 1.93. The van der Waals surface area contributed by atoms with Gasteiger partial charge in [-0.05, 0) is 28.9 Å². The van der Waals surface area contributed by atoms with Gasteiger partial charge < -0.3 is 4.52 Å². The van der Waals surface area contributed by atoms with E-state index in [0.29, 0.717) is 18.3 Å². The van der Waals surface area contributed by atoms with Gasteiger partial charge in [-0.25, -0.2) is 0 Å². The average molecular weight is 294 g/mol. The Morgan fingerprint density at radius 1 is 1.41 bits per heavy atom. The molecule has 0 unspecified atom stereocenters. The Hall–Kier alpha value is -1.76. The highest BCUT2D eigenvalue weighted by Crippen LogP contribution is 2.17. The molecule has 3 aromatic heterocycles. The molecular weight excluding hydrogens is 286 g/mol. The Bertz CT molecular complexity index is 674. The Balaban J connectivity index is 2.03. The van der Waals surface area contributed by atoms with Gasteiger partial charge in [0.15, 0.2) is 5.82 Å². The van der Waals surface area contributed by atoms with Crippen LogP contribution in [0, 0.1) is 6.92 Å². The van der Waals surface area contributed by atoms with Gasteiger partial charge in [-0.15, -0.1) is 0 Å². The van der Waals surface area contributed by atoms with E-state index in [2.05, 4.69) is 36.2 Å². The molecule has 3 heterocycles. The number of fused-ring (bicyclic) bond motifs is 1. The van der Waals surface area contributed by atoms with Crippen LogP contribution in [0.1, 0.15) is 11.7 Å². The first-order valence-corrected chi connectivity index (χ1v) is 5.78. The van der Waals surface area contributed by atoms with Gasteiger partial charge in [0.25, 0.3) is 0 Å². The lowest BCUT2D eigenvalue weighted by Crippen LogP contribution is -2.01. The van der Waals surface area contributed by atoms with E-state index in [1.807, 2.05) is 6.07 Å². The molecule has 7 heteroatoms. The zero-order chi connectivity index (χ0) is 11.8. The van der Waals surface area contributed by atoms with Gasteiger partial charge in [-0.3, -0.25) is 9.67 Å². The van der Waals surface area contributed by atoms with Crippen LogP contribution in [0.3, 0.4) is 0 Å². The number of aryl methyl sites for hydroxylation is 1. The molecule has 0 saturated heterocycles. The topological polar surface area (TPSA) is 69.6 Å². The van der Waals surface area contributed by atoms with Crippen molar-refractivity contribution < 1.29 is 4.52 Å². The van der Waals surface area contributed by atoms with E-state index in [4.69, 9.17) is 4.52 Å². The molecule has 3 rings (SSSR count). The van der Waals surface area contributed by atoms with Crippen molar-refractivity contribution in [2.45, 2.75) is 13.5 Å². The zero-order valence-corrected chi connectivity index (χ0v) is 10.5. The van der Waals surface area contributed by atoms with Crippen molar-refractivity contribution in [3.05, 3.63) is 34.6 Å². The van der Waals surface area contributed by atoms with E-state index in [0.717, 1.165) is 15.5 Å². The molecule has 0 aliphatic carbocycles. The second kappa shape index (κ2) is 3.92. The second-order valence-electron chi connectivity index (χ2n) is 3.60. The van der Waals surface area contributed by atoms with Crippen LogP contribution in [0.2, 0.25) is 0 Å². The Morgan fingerprint density at radius 2 is 2.29 bits per heavy atom. The molecule has 0 radical (unpaired) electrons. The summed E-state index contributed by atoms with van der Waals surface area (Å²) >= 11 is 3.39. The largest absolute Gasteiger partial charge is 0.337 e. The van der Waals surface area contributed by atoms with Gasteiger partial charge in [0.05, 0.1) is 11.7 Å². The number of rotatable bonds is 2. The molecule has 0 atom stereocenters. The molecule has 0 aliphatic rings. The highest BCUT2D eigenvalue weighted by Gasteiger charge is 2.08. The molecule has 17 heavy (non-hydrogen) atoms. The Kier molecular flexibility index (Phi) is 2.40. The van der Waals surface area contributed by atoms with Gasteiger partial charge >= 0.3 is 0 Å². The first-order chi connectivity index (χ1) is 8.22. The van der Waals surface area contributed by atoms with Crippen LogP contribution < -0.4 is 0 Å². The van der Waals surface area contributed by atoms with Crippen LogP contribution >= 0.6 is 15.9 Å². The van der Waals surface area contributed by atoms with Crippen LogP contribution in [0.4, 0.5) is 0 Å². The van der Waals surface area contributed by atoms with Crippen LogP contribution in [-0.4, -0.2) is 24.9 Å². The fourth-order valence-corrected chi connectivity index (χ4v) is 1.91. The average Bonchev–Trinajstić information content (AvgIpc) is 2.87. The number of nitrogens with zero attached hydrogens (tertiary/aromatic N) is 5. The van der Waals surface area contributed by atoms with Crippen LogP contribution in [0.5, 0.6) is 0 Å². The van der Waals surface area contributed by atoms with Crippen molar-refractivity contribution >= 4 is 27.0 Å². The molecular formula is C10H8BrN5O. The van der Waals surface area contributed by atoms with Crippen molar-refractivity contribution in [3.8, 4) is 0 Å². The summed E-state index contributed by atoms with van der Waals surface area (Å²) in [6.45, 7) is 2.23. The molecule has 86 valence electrons. The lowest BCUT2D eigenvalue weighted by molar-refractivity contribution is 0.364. The summed E-state index contributed by atoms with van der Waals surface area (Å²) in [6, 6.07) is 1.96. The standard InChI is InChI=1S/C10H8BrN5O/c1-6-14-10(17-15-6)5-16-9-2-7(11)3-12-8(9)4-13-16/h2-4H,5H2,1H3. The Labute approximate surface area is 105 Å².